The highest BCUT2D eigenvalue weighted by molar-refractivity contribution is 5.94. The van der Waals surface area contributed by atoms with Crippen molar-refractivity contribution in [1.29, 1.82) is 0 Å². The Bertz CT molecular complexity index is 1120. The molecule has 3 aromatic rings. The lowest BCUT2D eigenvalue weighted by Gasteiger charge is -2.12. The van der Waals surface area contributed by atoms with Gasteiger partial charge < -0.3 is 15.7 Å². The standard InChI is InChI=1S/C21H24FN7O2/c1-4-18(30)16-5-11(2)17(8-23-16)26-20-13(9-29(3)28-20)15-7-19(25-10-24-15)27-21(31)12-6-14(12)22/h5,7-10,12,14,18,30H,4,6H2,1-3H3,(H,26,28)(H,24,25,27,31)/t12-,14+,18-/m0/s1. The second kappa shape index (κ2) is 8.38. The van der Waals surface area contributed by atoms with Gasteiger partial charge in [-0.1, -0.05) is 6.92 Å². The summed E-state index contributed by atoms with van der Waals surface area (Å²) in [6, 6.07) is 3.47. The molecule has 0 bridgehead atoms. The van der Waals surface area contributed by atoms with Crippen LogP contribution in [0.15, 0.2) is 30.9 Å². The van der Waals surface area contributed by atoms with Crippen LogP contribution in [0, 0.1) is 12.8 Å². The van der Waals surface area contributed by atoms with E-state index in [1.165, 1.54) is 6.33 Å². The Morgan fingerprint density at radius 2 is 2.13 bits per heavy atom. The molecule has 3 atom stereocenters. The smallest absolute Gasteiger partial charge is 0.231 e. The summed E-state index contributed by atoms with van der Waals surface area (Å²) in [4.78, 5) is 24.7. The lowest BCUT2D eigenvalue weighted by Crippen LogP contribution is -2.16. The number of nitrogens with zero attached hydrogens (tertiary/aromatic N) is 5. The van der Waals surface area contributed by atoms with Crippen molar-refractivity contribution in [2.24, 2.45) is 13.0 Å². The van der Waals surface area contributed by atoms with Crippen molar-refractivity contribution >= 4 is 23.2 Å². The summed E-state index contributed by atoms with van der Waals surface area (Å²) >= 11 is 0. The number of aryl methyl sites for hydroxylation is 2. The summed E-state index contributed by atoms with van der Waals surface area (Å²) in [7, 11) is 1.79. The first-order valence-corrected chi connectivity index (χ1v) is 10.1. The SMILES string of the molecule is CC[C@H](O)c1cc(C)c(Nc2nn(C)cc2-c2cc(NC(=O)[C@H]3C[C@H]3F)ncn2)cn1. The van der Waals surface area contributed by atoms with Crippen LogP contribution in [-0.2, 0) is 11.8 Å². The van der Waals surface area contributed by atoms with Gasteiger partial charge in [-0.15, -0.1) is 0 Å². The molecule has 1 fully saturated rings. The molecule has 4 rings (SSSR count). The van der Waals surface area contributed by atoms with Crippen molar-refractivity contribution < 1.29 is 14.3 Å². The quantitative estimate of drug-likeness (QED) is 0.532. The van der Waals surface area contributed by atoms with Crippen LogP contribution >= 0.6 is 0 Å². The third kappa shape index (κ3) is 4.53. The molecule has 1 saturated carbocycles. The van der Waals surface area contributed by atoms with Crippen LogP contribution in [0.25, 0.3) is 11.3 Å². The first kappa shape index (κ1) is 20.9. The van der Waals surface area contributed by atoms with Gasteiger partial charge in [0.1, 0.15) is 18.3 Å². The number of aromatic nitrogens is 5. The fraction of sp³-hybridized carbons (Fsp3) is 0.381. The lowest BCUT2D eigenvalue weighted by molar-refractivity contribution is -0.117. The summed E-state index contributed by atoms with van der Waals surface area (Å²) in [6.07, 6.45) is 3.97. The zero-order valence-corrected chi connectivity index (χ0v) is 17.5. The zero-order chi connectivity index (χ0) is 22.1. The maximum atomic E-state index is 13.1. The maximum absolute atomic E-state index is 13.1. The van der Waals surface area contributed by atoms with Crippen LogP contribution in [0.3, 0.4) is 0 Å². The minimum absolute atomic E-state index is 0.252. The fourth-order valence-corrected chi connectivity index (χ4v) is 3.22. The van der Waals surface area contributed by atoms with Gasteiger partial charge in [-0.05, 0) is 31.4 Å². The van der Waals surface area contributed by atoms with Crippen molar-refractivity contribution in [3.8, 4) is 11.3 Å². The predicted molar refractivity (Wildman–Crippen MR) is 113 cm³/mol. The molecule has 3 aromatic heterocycles. The van der Waals surface area contributed by atoms with Crippen LogP contribution in [0.1, 0.15) is 37.1 Å². The van der Waals surface area contributed by atoms with Crippen LogP contribution in [-0.4, -0.2) is 41.9 Å². The average molecular weight is 425 g/mol. The minimum Gasteiger partial charge on any atom is -0.387 e. The van der Waals surface area contributed by atoms with Gasteiger partial charge in [0.2, 0.25) is 5.91 Å². The van der Waals surface area contributed by atoms with E-state index in [9.17, 15) is 14.3 Å². The molecule has 0 saturated heterocycles. The largest absolute Gasteiger partial charge is 0.387 e. The average Bonchev–Trinajstić information content (AvgIpc) is 3.38. The van der Waals surface area contributed by atoms with E-state index in [1.807, 2.05) is 19.9 Å². The summed E-state index contributed by atoms with van der Waals surface area (Å²) in [5, 5.41) is 20.4. The van der Waals surface area contributed by atoms with E-state index in [0.29, 0.717) is 35.0 Å². The third-order valence-electron chi connectivity index (χ3n) is 5.19. The molecule has 3 heterocycles. The molecule has 3 N–H and O–H groups in total. The van der Waals surface area contributed by atoms with Crippen molar-refractivity contribution in [3.05, 3.63) is 42.1 Å². The number of halogens is 1. The molecule has 0 unspecified atom stereocenters. The van der Waals surface area contributed by atoms with Crippen molar-refractivity contribution in [2.75, 3.05) is 10.6 Å². The van der Waals surface area contributed by atoms with Gasteiger partial charge in [-0.3, -0.25) is 14.5 Å². The number of pyridine rings is 1. The van der Waals surface area contributed by atoms with Crippen molar-refractivity contribution in [2.45, 2.75) is 39.0 Å². The molecule has 10 heteroatoms. The molecule has 0 spiro atoms. The van der Waals surface area contributed by atoms with Gasteiger partial charge in [0, 0.05) is 19.3 Å². The van der Waals surface area contributed by atoms with E-state index in [2.05, 4.69) is 30.7 Å². The maximum Gasteiger partial charge on any atom is 0.231 e. The molecule has 0 radical (unpaired) electrons. The van der Waals surface area contributed by atoms with Gasteiger partial charge >= 0.3 is 0 Å². The number of amides is 1. The molecular weight excluding hydrogens is 401 g/mol. The molecule has 31 heavy (non-hydrogen) atoms. The van der Waals surface area contributed by atoms with Crippen LogP contribution in [0.4, 0.5) is 21.7 Å². The van der Waals surface area contributed by atoms with Gasteiger partial charge in [0.25, 0.3) is 0 Å². The minimum atomic E-state index is -1.07. The number of alkyl halides is 1. The molecule has 1 aliphatic carbocycles. The number of carbonyl (C=O) groups excluding carboxylic acids is 1. The van der Waals surface area contributed by atoms with Gasteiger partial charge in [0.15, 0.2) is 5.82 Å². The predicted octanol–water partition coefficient (Wildman–Crippen LogP) is 3.06. The monoisotopic (exact) mass is 425 g/mol. The Kier molecular flexibility index (Phi) is 5.64. The molecule has 1 amide bonds. The number of nitrogens with one attached hydrogen (secondary N) is 2. The van der Waals surface area contributed by atoms with Crippen LogP contribution in [0.5, 0.6) is 0 Å². The number of hydrogen-bond donors (Lipinski definition) is 3. The molecule has 9 nitrogen and oxygen atoms in total. The third-order valence-corrected chi connectivity index (χ3v) is 5.19. The number of rotatable bonds is 7. The Morgan fingerprint density at radius 3 is 2.81 bits per heavy atom. The fourth-order valence-electron chi connectivity index (χ4n) is 3.22. The lowest BCUT2D eigenvalue weighted by atomic mass is 10.1. The summed E-state index contributed by atoms with van der Waals surface area (Å²) in [5.41, 5.74) is 3.53. The van der Waals surface area contributed by atoms with Gasteiger partial charge in [-0.25, -0.2) is 14.4 Å². The second-order valence-electron chi connectivity index (χ2n) is 7.67. The van der Waals surface area contributed by atoms with E-state index in [1.54, 1.807) is 30.2 Å². The summed E-state index contributed by atoms with van der Waals surface area (Å²) in [6.45, 7) is 3.82. The van der Waals surface area contributed by atoms with Crippen molar-refractivity contribution in [3.63, 3.8) is 0 Å². The highest BCUT2D eigenvalue weighted by Gasteiger charge is 2.43. The number of aliphatic hydroxyl groups excluding tert-OH is 1. The summed E-state index contributed by atoms with van der Waals surface area (Å²) < 4.78 is 14.8. The van der Waals surface area contributed by atoms with Gasteiger partial charge in [-0.2, -0.15) is 5.10 Å². The van der Waals surface area contributed by atoms with Crippen LogP contribution < -0.4 is 10.6 Å². The van der Waals surface area contributed by atoms with E-state index < -0.39 is 18.2 Å². The number of aliphatic hydroxyl groups is 1. The topological polar surface area (TPSA) is 118 Å². The van der Waals surface area contributed by atoms with E-state index in [-0.39, 0.29) is 12.3 Å². The Hall–Kier alpha value is -3.40. The van der Waals surface area contributed by atoms with Crippen LogP contribution in [0.2, 0.25) is 0 Å². The summed E-state index contributed by atoms with van der Waals surface area (Å²) in [5.74, 6) is -0.116. The Balaban J connectivity index is 1.58. The molecular formula is C21H24FN7O2. The molecule has 162 valence electrons. The number of hydrogen-bond acceptors (Lipinski definition) is 7. The highest BCUT2D eigenvalue weighted by atomic mass is 19.1. The first-order chi connectivity index (χ1) is 14.9. The number of anilines is 3. The molecule has 0 aromatic carbocycles. The Morgan fingerprint density at radius 1 is 1.35 bits per heavy atom. The van der Waals surface area contributed by atoms with E-state index in [4.69, 9.17) is 0 Å². The number of carbonyl (C=O) groups is 1. The zero-order valence-electron chi connectivity index (χ0n) is 17.5. The molecule has 0 aliphatic heterocycles. The second-order valence-corrected chi connectivity index (χ2v) is 7.67. The van der Waals surface area contributed by atoms with E-state index in [0.717, 1.165) is 11.3 Å². The van der Waals surface area contributed by atoms with Crippen molar-refractivity contribution in [1.82, 2.24) is 24.7 Å². The Labute approximate surface area is 178 Å². The normalized spacial score (nSPS) is 18.5. The van der Waals surface area contributed by atoms with Gasteiger partial charge in [0.05, 0.1) is 40.9 Å². The first-order valence-electron chi connectivity index (χ1n) is 10.1. The van der Waals surface area contributed by atoms with E-state index >= 15 is 0 Å². The molecule has 1 aliphatic rings. The highest BCUT2D eigenvalue weighted by Crippen LogP contribution is 2.35.